The van der Waals surface area contributed by atoms with Gasteiger partial charge < -0.3 is 20.1 Å². The van der Waals surface area contributed by atoms with Crippen LogP contribution in [0.25, 0.3) is 0 Å². The van der Waals surface area contributed by atoms with Crippen LogP contribution in [0.4, 0.5) is 5.69 Å². The van der Waals surface area contributed by atoms with Crippen LogP contribution in [0.1, 0.15) is 38.5 Å². The van der Waals surface area contributed by atoms with Gasteiger partial charge in [0.2, 0.25) is 5.91 Å². The van der Waals surface area contributed by atoms with E-state index in [2.05, 4.69) is 5.32 Å². The van der Waals surface area contributed by atoms with Crippen molar-refractivity contribution in [3.63, 3.8) is 0 Å². The third kappa shape index (κ3) is 6.89. The molecule has 2 N–H and O–H groups in total. The fourth-order valence-electron chi connectivity index (χ4n) is 3.17. The second-order valence-corrected chi connectivity index (χ2v) is 7.01. The maximum Gasteiger partial charge on any atom is 0.224 e. The predicted octanol–water partition coefficient (Wildman–Crippen LogP) is 2.90. The number of nitrogens with one attached hydrogen (secondary N) is 1. The van der Waals surface area contributed by atoms with Gasteiger partial charge in [0.25, 0.3) is 0 Å². The van der Waals surface area contributed by atoms with E-state index in [4.69, 9.17) is 4.74 Å². The SMILES string of the molecule is CN(C)CC(O)COc1ccc(NC(=O)CC2CCCCC2)cc1. The van der Waals surface area contributed by atoms with Crippen molar-refractivity contribution in [2.75, 3.05) is 32.6 Å². The fraction of sp³-hybridized carbons (Fsp3) is 0.632. The molecule has 1 amide bonds. The first-order valence-corrected chi connectivity index (χ1v) is 8.88. The summed E-state index contributed by atoms with van der Waals surface area (Å²) in [5, 5.41) is 12.7. The molecule has 1 atom stereocenters. The summed E-state index contributed by atoms with van der Waals surface area (Å²) >= 11 is 0. The van der Waals surface area contributed by atoms with E-state index in [-0.39, 0.29) is 12.5 Å². The molecule has 0 aliphatic heterocycles. The first-order valence-electron chi connectivity index (χ1n) is 8.88. The monoisotopic (exact) mass is 334 g/mol. The fourth-order valence-corrected chi connectivity index (χ4v) is 3.17. The van der Waals surface area contributed by atoms with Crippen LogP contribution in [0, 0.1) is 5.92 Å². The van der Waals surface area contributed by atoms with Gasteiger partial charge >= 0.3 is 0 Å². The van der Waals surface area contributed by atoms with Gasteiger partial charge in [0.1, 0.15) is 18.5 Å². The largest absolute Gasteiger partial charge is 0.491 e. The van der Waals surface area contributed by atoms with E-state index >= 15 is 0 Å². The zero-order chi connectivity index (χ0) is 17.4. The molecule has 0 bridgehead atoms. The van der Waals surface area contributed by atoms with Crippen molar-refractivity contribution < 1.29 is 14.6 Å². The molecule has 134 valence electrons. The van der Waals surface area contributed by atoms with E-state index in [1.54, 1.807) is 0 Å². The minimum Gasteiger partial charge on any atom is -0.491 e. The molecule has 1 unspecified atom stereocenters. The van der Waals surface area contributed by atoms with Crippen molar-refractivity contribution in [3.8, 4) is 5.75 Å². The molecule has 1 saturated carbocycles. The molecule has 2 rings (SSSR count). The molecule has 0 saturated heterocycles. The summed E-state index contributed by atoms with van der Waals surface area (Å²) in [7, 11) is 3.82. The number of anilines is 1. The number of carbonyl (C=O) groups excluding carboxylic acids is 1. The number of aliphatic hydroxyl groups excluding tert-OH is 1. The molecule has 5 heteroatoms. The molecule has 1 aromatic rings. The van der Waals surface area contributed by atoms with Crippen LogP contribution in [0.5, 0.6) is 5.75 Å². The minimum absolute atomic E-state index is 0.0944. The number of likely N-dealkylation sites (N-methyl/N-ethyl adjacent to an activating group) is 1. The van der Waals surface area contributed by atoms with Crippen LogP contribution in [-0.4, -0.2) is 49.3 Å². The summed E-state index contributed by atoms with van der Waals surface area (Å²) in [6.45, 7) is 0.820. The maximum absolute atomic E-state index is 12.1. The standard InChI is InChI=1S/C19H30N2O3/c1-21(2)13-17(22)14-24-18-10-8-16(9-11-18)20-19(23)12-15-6-4-3-5-7-15/h8-11,15,17,22H,3-7,12-14H2,1-2H3,(H,20,23). The van der Waals surface area contributed by atoms with Crippen LogP contribution < -0.4 is 10.1 Å². The topological polar surface area (TPSA) is 61.8 Å². The van der Waals surface area contributed by atoms with Gasteiger partial charge in [-0.15, -0.1) is 0 Å². The van der Waals surface area contributed by atoms with Crippen molar-refractivity contribution in [2.24, 2.45) is 5.92 Å². The van der Waals surface area contributed by atoms with E-state index in [0.717, 1.165) is 5.69 Å². The Balaban J connectivity index is 1.73. The smallest absolute Gasteiger partial charge is 0.224 e. The quantitative estimate of drug-likeness (QED) is 0.767. The Hall–Kier alpha value is -1.59. The second kappa shape index (κ2) is 9.64. The van der Waals surface area contributed by atoms with Gasteiger partial charge in [0.05, 0.1) is 0 Å². The molecule has 0 radical (unpaired) electrons. The average molecular weight is 334 g/mol. The summed E-state index contributed by atoms with van der Waals surface area (Å²) in [4.78, 5) is 14.0. The van der Waals surface area contributed by atoms with E-state index < -0.39 is 6.10 Å². The number of carbonyl (C=O) groups is 1. The van der Waals surface area contributed by atoms with Crippen molar-refractivity contribution in [1.82, 2.24) is 4.90 Å². The molecule has 0 spiro atoms. The van der Waals surface area contributed by atoms with Gasteiger partial charge in [-0.05, 0) is 57.1 Å². The van der Waals surface area contributed by atoms with Gasteiger partial charge in [0.15, 0.2) is 0 Å². The van der Waals surface area contributed by atoms with E-state index in [1.807, 2.05) is 43.3 Å². The number of benzene rings is 1. The van der Waals surface area contributed by atoms with Crippen molar-refractivity contribution in [2.45, 2.75) is 44.6 Å². The molecule has 1 aromatic carbocycles. The van der Waals surface area contributed by atoms with Crippen LogP contribution >= 0.6 is 0 Å². The van der Waals surface area contributed by atoms with Gasteiger partial charge in [-0.3, -0.25) is 4.79 Å². The average Bonchev–Trinajstić information content (AvgIpc) is 2.54. The van der Waals surface area contributed by atoms with Gasteiger partial charge in [-0.2, -0.15) is 0 Å². The van der Waals surface area contributed by atoms with Crippen LogP contribution in [0.3, 0.4) is 0 Å². The number of rotatable bonds is 8. The molecule has 24 heavy (non-hydrogen) atoms. The summed E-state index contributed by atoms with van der Waals surface area (Å²) in [5.41, 5.74) is 0.789. The summed E-state index contributed by atoms with van der Waals surface area (Å²) in [6, 6.07) is 7.32. The van der Waals surface area contributed by atoms with E-state index in [0.29, 0.717) is 24.6 Å². The zero-order valence-electron chi connectivity index (χ0n) is 14.8. The Morgan fingerprint density at radius 3 is 2.54 bits per heavy atom. The predicted molar refractivity (Wildman–Crippen MR) is 96.3 cm³/mol. The van der Waals surface area contributed by atoms with Crippen LogP contribution in [0.15, 0.2) is 24.3 Å². The van der Waals surface area contributed by atoms with Crippen molar-refractivity contribution >= 4 is 11.6 Å². The molecule has 5 nitrogen and oxygen atoms in total. The second-order valence-electron chi connectivity index (χ2n) is 7.01. The minimum atomic E-state index is -0.519. The van der Waals surface area contributed by atoms with Crippen molar-refractivity contribution in [3.05, 3.63) is 24.3 Å². The summed E-state index contributed by atoms with van der Waals surface area (Å²) < 4.78 is 5.56. The maximum atomic E-state index is 12.1. The lowest BCUT2D eigenvalue weighted by Crippen LogP contribution is -2.30. The number of hydrogen-bond donors (Lipinski definition) is 2. The molecule has 0 heterocycles. The Kier molecular flexibility index (Phi) is 7.53. The molecule has 1 aliphatic rings. The lowest BCUT2D eigenvalue weighted by Gasteiger charge is -2.20. The highest BCUT2D eigenvalue weighted by molar-refractivity contribution is 5.90. The van der Waals surface area contributed by atoms with Crippen LogP contribution in [-0.2, 0) is 4.79 Å². The molecule has 0 aromatic heterocycles. The number of hydrogen-bond acceptors (Lipinski definition) is 4. The summed E-state index contributed by atoms with van der Waals surface area (Å²) in [6.07, 6.45) is 6.27. The number of nitrogens with zero attached hydrogens (tertiary/aromatic N) is 1. The van der Waals surface area contributed by atoms with Gasteiger partial charge in [-0.25, -0.2) is 0 Å². The van der Waals surface area contributed by atoms with Gasteiger partial charge in [-0.1, -0.05) is 19.3 Å². The normalized spacial score (nSPS) is 16.8. The third-order valence-electron chi connectivity index (χ3n) is 4.36. The molecular weight excluding hydrogens is 304 g/mol. The lowest BCUT2D eigenvalue weighted by molar-refractivity contribution is -0.117. The summed E-state index contributed by atoms with van der Waals surface area (Å²) in [5.74, 6) is 1.33. The molecule has 1 fully saturated rings. The Labute approximate surface area is 145 Å². The lowest BCUT2D eigenvalue weighted by atomic mass is 9.87. The van der Waals surface area contributed by atoms with E-state index in [9.17, 15) is 9.90 Å². The van der Waals surface area contributed by atoms with E-state index in [1.165, 1.54) is 32.1 Å². The number of aliphatic hydroxyl groups is 1. The Morgan fingerprint density at radius 1 is 1.25 bits per heavy atom. The Morgan fingerprint density at radius 2 is 1.92 bits per heavy atom. The number of amides is 1. The Bertz CT molecular complexity index is 496. The third-order valence-corrected chi connectivity index (χ3v) is 4.36. The highest BCUT2D eigenvalue weighted by Gasteiger charge is 2.17. The highest BCUT2D eigenvalue weighted by atomic mass is 16.5. The van der Waals surface area contributed by atoms with Crippen LogP contribution in [0.2, 0.25) is 0 Å². The first kappa shape index (κ1) is 18.7. The van der Waals surface area contributed by atoms with Crippen molar-refractivity contribution in [1.29, 1.82) is 0 Å². The first-order chi connectivity index (χ1) is 11.5. The zero-order valence-corrected chi connectivity index (χ0v) is 14.8. The number of ether oxygens (including phenoxy) is 1. The molecule has 1 aliphatic carbocycles. The highest BCUT2D eigenvalue weighted by Crippen LogP contribution is 2.26. The van der Waals surface area contributed by atoms with Gasteiger partial charge in [0, 0.05) is 18.7 Å². The molecular formula is C19H30N2O3.